The topological polar surface area (TPSA) is 95.1 Å². The highest BCUT2D eigenvalue weighted by atomic mass is 32.2. The number of hydrogen-bond donors (Lipinski definition) is 2. The Morgan fingerprint density at radius 3 is 2.38 bits per heavy atom. The number of ether oxygens (including phenoxy) is 1. The molecule has 9 heteroatoms. The first kappa shape index (κ1) is 21.4. The number of carbonyl (C=O) groups excluding carboxylic acids is 1. The second-order valence-corrected chi connectivity index (χ2v) is 8.15. The maximum Gasteiger partial charge on any atom is 0.237 e. The summed E-state index contributed by atoms with van der Waals surface area (Å²) in [6.45, 7) is 1.73. The zero-order chi connectivity index (χ0) is 22.5. The minimum absolute atomic E-state index is 0.187. The Balaban J connectivity index is 1.38. The number of aromatic nitrogens is 3. The van der Waals surface area contributed by atoms with Crippen molar-refractivity contribution in [1.82, 2.24) is 14.9 Å². The maximum atomic E-state index is 14.0. The molecule has 1 aromatic heterocycles. The summed E-state index contributed by atoms with van der Waals surface area (Å²) in [6.07, 6.45) is 0. The van der Waals surface area contributed by atoms with E-state index in [1.54, 1.807) is 49.4 Å². The Morgan fingerprint density at radius 1 is 1.00 bits per heavy atom. The number of rotatable bonds is 7. The lowest BCUT2D eigenvalue weighted by molar-refractivity contribution is -0.115. The Bertz CT molecular complexity index is 1210. The van der Waals surface area contributed by atoms with Gasteiger partial charge in [0.15, 0.2) is 5.82 Å². The molecule has 0 aliphatic rings. The average Bonchev–Trinajstić information content (AvgIpc) is 3.16. The molecule has 3 aromatic carbocycles. The van der Waals surface area contributed by atoms with Gasteiger partial charge in [0.25, 0.3) is 0 Å². The van der Waals surface area contributed by atoms with Gasteiger partial charge < -0.3 is 15.9 Å². The van der Waals surface area contributed by atoms with Gasteiger partial charge in [-0.3, -0.25) is 4.79 Å². The van der Waals surface area contributed by atoms with Crippen LogP contribution < -0.4 is 15.9 Å². The molecule has 0 saturated heterocycles. The molecule has 1 heterocycles. The molecule has 0 aliphatic heterocycles. The molecule has 1 amide bonds. The van der Waals surface area contributed by atoms with E-state index in [0.29, 0.717) is 16.6 Å². The zero-order valence-electron chi connectivity index (χ0n) is 17.1. The van der Waals surface area contributed by atoms with Gasteiger partial charge in [-0.05, 0) is 55.5 Å². The van der Waals surface area contributed by atoms with E-state index < -0.39 is 11.1 Å². The van der Waals surface area contributed by atoms with E-state index in [4.69, 9.17) is 10.6 Å². The SMILES string of the molecule is C[C@@H](Sc1nnc(-c2ccccc2F)n1N)C(=O)Nc1ccc(Oc2ccccc2)cc1. The monoisotopic (exact) mass is 449 g/mol. The predicted molar refractivity (Wildman–Crippen MR) is 122 cm³/mol. The summed E-state index contributed by atoms with van der Waals surface area (Å²) in [5.41, 5.74) is 0.869. The fraction of sp³-hybridized carbons (Fsp3) is 0.0870. The van der Waals surface area contributed by atoms with E-state index in [1.807, 2.05) is 30.3 Å². The summed E-state index contributed by atoms with van der Waals surface area (Å²) in [4.78, 5) is 12.6. The molecule has 7 nitrogen and oxygen atoms in total. The van der Waals surface area contributed by atoms with E-state index in [1.165, 1.54) is 10.7 Å². The third-order valence-corrected chi connectivity index (χ3v) is 5.59. The number of benzene rings is 3. The number of nitrogens with zero attached hydrogens (tertiary/aromatic N) is 3. The van der Waals surface area contributed by atoms with Gasteiger partial charge in [0.1, 0.15) is 17.3 Å². The van der Waals surface area contributed by atoms with E-state index in [0.717, 1.165) is 17.5 Å². The lowest BCUT2D eigenvalue weighted by Crippen LogP contribution is -2.23. The Hall–Kier alpha value is -3.85. The molecule has 162 valence electrons. The summed E-state index contributed by atoms with van der Waals surface area (Å²) < 4.78 is 21.0. The summed E-state index contributed by atoms with van der Waals surface area (Å²) >= 11 is 1.13. The van der Waals surface area contributed by atoms with Crippen molar-refractivity contribution in [2.24, 2.45) is 0 Å². The molecule has 0 saturated carbocycles. The van der Waals surface area contributed by atoms with Crippen molar-refractivity contribution in [3.05, 3.63) is 84.7 Å². The number of para-hydroxylation sites is 1. The maximum absolute atomic E-state index is 14.0. The van der Waals surface area contributed by atoms with Gasteiger partial charge in [-0.2, -0.15) is 0 Å². The van der Waals surface area contributed by atoms with Crippen molar-refractivity contribution in [2.45, 2.75) is 17.3 Å². The normalized spacial score (nSPS) is 11.7. The minimum atomic E-state index is -0.518. The number of anilines is 1. The summed E-state index contributed by atoms with van der Waals surface area (Å²) in [5.74, 6) is 6.94. The lowest BCUT2D eigenvalue weighted by atomic mass is 10.2. The third-order valence-electron chi connectivity index (χ3n) is 4.53. The molecule has 4 aromatic rings. The van der Waals surface area contributed by atoms with E-state index in [2.05, 4.69) is 15.5 Å². The van der Waals surface area contributed by atoms with Crippen LogP contribution in [0.1, 0.15) is 6.92 Å². The van der Waals surface area contributed by atoms with Crippen molar-refractivity contribution < 1.29 is 13.9 Å². The number of nitrogens with two attached hydrogens (primary N) is 1. The first-order valence-electron chi connectivity index (χ1n) is 9.77. The highest BCUT2D eigenvalue weighted by Crippen LogP contribution is 2.27. The van der Waals surface area contributed by atoms with Crippen LogP contribution in [0.4, 0.5) is 10.1 Å². The van der Waals surface area contributed by atoms with Gasteiger partial charge in [-0.15, -0.1) is 10.2 Å². The van der Waals surface area contributed by atoms with Crippen LogP contribution in [0, 0.1) is 5.82 Å². The number of nitrogens with one attached hydrogen (secondary N) is 1. The molecule has 0 bridgehead atoms. The van der Waals surface area contributed by atoms with Crippen LogP contribution in [0.2, 0.25) is 0 Å². The highest BCUT2D eigenvalue weighted by Gasteiger charge is 2.21. The van der Waals surface area contributed by atoms with Gasteiger partial charge in [-0.1, -0.05) is 42.1 Å². The second-order valence-electron chi connectivity index (χ2n) is 6.84. The summed E-state index contributed by atoms with van der Waals surface area (Å²) in [6, 6.07) is 22.7. The smallest absolute Gasteiger partial charge is 0.237 e. The van der Waals surface area contributed by atoms with E-state index in [9.17, 15) is 9.18 Å². The lowest BCUT2D eigenvalue weighted by Gasteiger charge is -2.12. The number of amides is 1. The Morgan fingerprint density at radius 2 is 1.66 bits per heavy atom. The summed E-state index contributed by atoms with van der Waals surface area (Å²) in [5, 5.41) is 10.6. The predicted octanol–water partition coefficient (Wildman–Crippen LogP) is 4.71. The molecule has 4 rings (SSSR count). The van der Waals surface area contributed by atoms with Crippen LogP contribution in [-0.4, -0.2) is 26.0 Å². The van der Waals surface area contributed by atoms with Gasteiger partial charge in [-0.25, -0.2) is 9.07 Å². The molecule has 0 aliphatic carbocycles. The Labute approximate surface area is 188 Å². The molecule has 1 atom stereocenters. The number of halogens is 1. The number of thioether (sulfide) groups is 1. The van der Waals surface area contributed by atoms with Crippen molar-refractivity contribution in [2.75, 3.05) is 11.2 Å². The largest absolute Gasteiger partial charge is 0.457 e. The van der Waals surface area contributed by atoms with Crippen molar-refractivity contribution in [3.63, 3.8) is 0 Å². The van der Waals surface area contributed by atoms with Gasteiger partial charge >= 0.3 is 0 Å². The molecular weight excluding hydrogens is 429 g/mol. The first-order chi connectivity index (χ1) is 15.5. The number of nitrogen functional groups attached to an aromatic ring is 1. The van der Waals surface area contributed by atoms with Crippen LogP contribution in [-0.2, 0) is 4.79 Å². The zero-order valence-corrected chi connectivity index (χ0v) is 17.9. The van der Waals surface area contributed by atoms with E-state index >= 15 is 0 Å². The van der Waals surface area contributed by atoms with Crippen molar-refractivity contribution in [1.29, 1.82) is 0 Å². The van der Waals surface area contributed by atoms with Crippen LogP contribution >= 0.6 is 11.8 Å². The van der Waals surface area contributed by atoms with E-state index in [-0.39, 0.29) is 17.3 Å². The average molecular weight is 450 g/mol. The standard InChI is InChI=1S/C23H20FN5O2S/c1-15(32-23-28-27-21(29(23)25)19-9-5-6-10-20(19)24)22(30)26-16-11-13-18(14-12-16)31-17-7-3-2-4-8-17/h2-15H,25H2,1H3,(H,26,30)/t15-/m1/s1. The van der Waals surface area contributed by atoms with Crippen LogP contribution in [0.3, 0.4) is 0 Å². The third kappa shape index (κ3) is 4.89. The molecule has 0 spiro atoms. The molecule has 0 fully saturated rings. The van der Waals surface area contributed by atoms with Gasteiger partial charge in [0.05, 0.1) is 10.8 Å². The number of carbonyl (C=O) groups is 1. The van der Waals surface area contributed by atoms with Crippen molar-refractivity contribution in [3.8, 4) is 22.9 Å². The Kier molecular flexibility index (Phi) is 6.37. The van der Waals surface area contributed by atoms with Crippen LogP contribution in [0.15, 0.2) is 84.0 Å². The van der Waals surface area contributed by atoms with Gasteiger partial charge in [0, 0.05) is 5.69 Å². The van der Waals surface area contributed by atoms with Crippen molar-refractivity contribution >= 4 is 23.4 Å². The first-order valence-corrected chi connectivity index (χ1v) is 10.6. The fourth-order valence-electron chi connectivity index (χ4n) is 2.87. The van der Waals surface area contributed by atoms with Crippen LogP contribution in [0.25, 0.3) is 11.4 Å². The molecule has 32 heavy (non-hydrogen) atoms. The molecule has 0 unspecified atom stereocenters. The summed E-state index contributed by atoms with van der Waals surface area (Å²) in [7, 11) is 0. The van der Waals surface area contributed by atoms with Gasteiger partial charge in [0.2, 0.25) is 11.1 Å². The minimum Gasteiger partial charge on any atom is -0.457 e. The second kappa shape index (κ2) is 9.52. The molecule has 0 radical (unpaired) electrons. The molecule has 3 N–H and O–H groups in total. The quantitative estimate of drug-likeness (QED) is 0.313. The molecular formula is C23H20FN5O2S. The number of hydrogen-bond acceptors (Lipinski definition) is 6. The van der Waals surface area contributed by atoms with Crippen LogP contribution in [0.5, 0.6) is 11.5 Å². The highest BCUT2D eigenvalue weighted by molar-refractivity contribution is 8.00. The fourth-order valence-corrected chi connectivity index (χ4v) is 3.64.